The van der Waals surface area contributed by atoms with Crippen molar-refractivity contribution >= 4 is 23.6 Å². The van der Waals surface area contributed by atoms with Crippen LogP contribution in [0.15, 0.2) is 24.3 Å². The van der Waals surface area contributed by atoms with E-state index in [0.717, 1.165) is 18.4 Å². The Hall–Kier alpha value is -1.79. The molecule has 1 saturated carbocycles. The molecule has 1 unspecified atom stereocenters. The number of benzene rings is 1. The zero-order chi connectivity index (χ0) is 18.0. The Morgan fingerprint density at radius 3 is 2.96 bits per heavy atom. The fraction of sp³-hybridized carbons (Fsp3) is 0.556. The van der Waals surface area contributed by atoms with Gasteiger partial charge >= 0.3 is 12.0 Å². The number of halogens is 1. The van der Waals surface area contributed by atoms with Gasteiger partial charge in [-0.25, -0.2) is 4.79 Å². The molecule has 1 heterocycles. The molecule has 3 atom stereocenters. The van der Waals surface area contributed by atoms with E-state index < -0.39 is 11.4 Å². The van der Waals surface area contributed by atoms with Crippen molar-refractivity contribution in [3.05, 3.63) is 34.9 Å². The zero-order valence-electron chi connectivity index (χ0n) is 14.2. The fourth-order valence-corrected chi connectivity index (χ4v) is 4.33. The largest absolute Gasteiger partial charge is 0.481 e. The Kier molecular flexibility index (Phi) is 5.20. The predicted molar refractivity (Wildman–Crippen MR) is 93.6 cm³/mol. The molecule has 25 heavy (non-hydrogen) atoms. The summed E-state index contributed by atoms with van der Waals surface area (Å²) in [6.07, 6.45) is 2.14. The van der Waals surface area contributed by atoms with E-state index in [9.17, 15) is 14.7 Å². The van der Waals surface area contributed by atoms with Crippen LogP contribution in [0.5, 0.6) is 0 Å². The predicted octanol–water partition coefficient (Wildman–Crippen LogP) is 2.92. The molecule has 136 valence electrons. The number of nitrogens with zero attached hydrogens (tertiary/aromatic N) is 1. The van der Waals surface area contributed by atoms with E-state index >= 15 is 0 Å². The lowest BCUT2D eigenvalue weighted by Gasteiger charge is -2.24. The lowest BCUT2D eigenvalue weighted by molar-refractivity contribution is -0.149. The number of amides is 2. The molecule has 0 bridgehead atoms. The Bertz CT molecular complexity index is 668. The maximum absolute atomic E-state index is 12.5. The van der Waals surface area contributed by atoms with E-state index in [1.807, 2.05) is 18.2 Å². The van der Waals surface area contributed by atoms with E-state index in [4.69, 9.17) is 16.3 Å². The Balaban J connectivity index is 1.60. The molecule has 0 spiro atoms. The van der Waals surface area contributed by atoms with Crippen LogP contribution in [0.25, 0.3) is 0 Å². The SMILES string of the molecule is COC(CNC(=O)N1C[C@@H]2CCC[C@@]2(C(=O)O)C1)c1cccc(Cl)c1. The summed E-state index contributed by atoms with van der Waals surface area (Å²) < 4.78 is 5.45. The molecule has 2 fully saturated rings. The quantitative estimate of drug-likeness (QED) is 0.839. The first-order chi connectivity index (χ1) is 12.0. The molecule has 2 N–H and O–H groups in total. The summed E-state index contributed by atoms with van der Waals surface area (Å²) in [7, 11) is 1.58. The van der Waals surface area contributed by atoms with Crippen molar-refractivity contribution in [2.24, 2.45) is 11.3 Å². The summed E-state index contributed by atoms with van der Waals surface area (Å²) in [5, 5.41) is 13.1. The summed E-state index contributed by atoms with van der Waals surface area (Å²) >= 11 is 6.00. The number of carboxylic acids is 1. The van der Waals surface area contributed by atoms with Gasteiger partial charge in [-0.2, -0.15) is 0 Å². The van der Waals surface area contributed by atoms with Gasteiger partial charge in [0.2, 0.25) is 0 Å². The van der Waals surface area contributed by atoms with Gasteiger partial charge in [0.1, 0.15) is 0 Å². The minimum atomic E-state index is -0.779. The molecule has 1 saturated heterocycles. The van der Waals surface area contributed by atoms with Gasteiger partial charge in [-0.1, -0.05) is 30.2 Å². The minimum absolute atomic E-state index is 0.0573. The van der Waals surface area contributed by atoms with Gasteiger partial charge in [-0.3, -0.25) is 4.79 Å². The van der Waals surface area contributed by atoms with Gasteiger partial charge in [0.15, 0.2) is 0 Å². The van der Waals surface area contributed by atoms with Gasteiger partial charge in [0.05, 0.1) is 11.5 Å². The number of hydrogen-bond acceptors (Lipinski definition) is 3. The van der Waals surface area contributed by atoms with Gasteiger partial charge in [-0.15, -0.1) is 0 Å². The number of carboxylic acid groups (broad SMARTS) is 1. The number of nitrogens with one attached hydrogen (secondary N) is 1. The molecule has 2 amide bonds. The van der Waals surface area contributed by atoms with Crippen molar-refractivity contribution in [2.75, 3.05) is 26.7 Å². The average molecular weight is 367 g/mol. The monoisotopic (exact) mass is 366 g/mol. The normalized spacial score (nSPS) is 26.3. The van der Waals surface area contributed by atoms with Crippen LogP contribution in [0.1, 0.15) is 30.9 Å². The third-order valence-electron chi connectivity index (χ3n) is 5.53. The standard InChI is InChI=1S/C18H23ClN2O4/c1-25-15(12-4-2-6-14(19)8-12)9-20-17(24)21-10-13-5-3-7-18(13,11-21)16(22)23/h2,4,6,8,13,15H,3,5,7,9-11H2,1H3,(H,20,24)(H,22,23)/t13-,15?,18+/m0/s1. The van der Waals surface area contributed by atoms with Crippen molar-refractivity contribution in [1.82, 2.24) is 10.2 Å². The van der Waals surface area contributed by atoms with Crippen LogP contribution in [-0.4, -0.2) is 48.8 Å². The number of fused-ring (bicyclic) bond motifs is 1. The van der Waals surface area contributed by atoms with Crippen LogP contribution in [0, 0.1) is 11.3 Å². The van der Waals surface area contributed by atoms with Gasteiger partial charge in [-0.05, 0) is 36.5 Å². The Labute approximate surface area is 152 Å². The Morgan fingerprint density at radius 2 is 2.32 bits per heavy atom. The highest BCUT2D eigenvalue weighted by atomic mass is 35.5. The lowest BCUT2D eigenvalue weighted by Crippen LogP contribution is -2.43. The Morgan fingerprint density at radius 1 is 1.52 bits per heavy atom. The molecule has 2 aliphatic rings. The van der Waals surface area contributed by atoms with Crippen molar-refractivity contribution in [2.45, 2.75) is 25.4 Å². The van der Waals surface area contributed by atoms with Gasteiger partial charge < -0.3 is 20.1 Å². The van der Waals surface area contributed by atoms with Crippen LogP contribution in [0.4, 0.5) is 4.79 Å². The second kappa shape index (κ2) is 7.22. The summed E-state index contributed by atoms with van der Waals surface area (Å²) in [6, 6.07) is 7.08. The molecular weight excluding hydrogens is 344 g/mol. The summed E-state index contributed by atoms with van der Waals surface area (Å²) in [4.78, 5) is 25.8. The van der Waals surface area contributed by atoms with Crippen molar-refractivity contribution < 1.29 is 19.4 Å². The molecule has 1 aliphatic heterocycles. The second-order valence-corrected chi connectivity index (χ2v) is 7.33. The van der Waals surface area contributed by atoms with Crippen LogP contribution in [0.3, 0.4) is 0 Å². The molecule has 1 aliphatic carbocycles. The number of urea groups is 1. The third kappa shape index (κ3) is 3.46. The number of carbonyl (C=O) groups excluding carboxylic acids is 1. The van der Waals surface area contributed by atoms with Gasteiger partial charge in [0.25, 0.3) is 0 Å². The number of carbonyl (C=O) groups is 2. The highest BCUT2D eigenvalue weighted by molar-refractivity contribution is 6.30. The van der Waals surface area contributed by atoms with Crippen LogP contribution < -0.4 is 5.32 Å². The fourth-order valence-electron chi connectivity index (χ4n) is 4.13. The summed E-state index contributed by atoms with van der Waals surface area (Å²) in [5.74, 6) is -0.721. The molecule has 0 aromatic heterocycles. The lowest BCUT2D eigenvalue weighted by atomic mass is 9.81. The summed E-state index contributed by atoms with van der Waals surface area (Å²) in [6.45, 7) is 1.09. The average Bonchev–Trinajstić information content (AvgIpc) is 3.13. The van der Waals surface area contributed by atoms with Gasteiger partial charge in [0, 0.05) is 31.8 Å². The van der Waals surface area contributed by atoms with Crippen LogP contribution in [0.2, 0.25) is 5.02 Å². The highest BCUT2D eigenvalue weighted by Gasteiger charge is 2.55. The third-order valence-corrected chi connectivity index (χ3v) is 5.76. The minimum Gasteiger partial charge on any atom is -0.481 e. The molecule has 3 rings (SSSR count). The van der Waals surface area contributed by atoms with Crippen molar-refractivity contribution in [3.63, 3.8) is 0 Å². The summed E-state index contributed by atoms with van der Waals surface area (Å²) in [5.41, 5.74) is 0.126. The van der Waals surface area contributed by atoms with E-state index in [1.54, 1.807) is 18.1 Å². The number of ether oxygens (including phenoxy) is 1. The first-order valence-electron chi connectivity index (χ1n) is 8.50. The van der Waals surface area contributed by atoms with Crippen LogP contribution >= 0.6 is 11.6 Å². The molecule has 6 nitrogen and oxygen atoms in total. The highest BCUT2D eigenvalue weighted by Crippen LogP contribution is 2.48. The number of methoxy groups -OCH3 is 1. The zero-order valence-corrected chi connectivity index (χ0v) is 15.0. The number of hydrogen-bond donors (Lipinski definition) is 2. The maximum atomic E-state index is 12.5. The second-order valence-electron chi connectivity index (χ2n) is 6.90. The van der Waals surface area contributed by atoms with E-state index in [2.05, 4.69) is 5.32 Å². The first-order valence-corrected chi connectivity index (χ1v) is 8.88. The molecule has 7 heteroatoms. The molecule has 1 aromatic carbocycles. The number of rotatable bonds is 5. The van der Waals surface area contributed by atoms with E-state index in [0.29, 0.717) is 24.5 Å². The molecule has 0 radical (unpaired) electrons. The number of aliphatic carboxylic acids is 1. The maximum Gasteiger partial charge on any atom is 0.317 e. The molecule has 1 aromatic rings. The van der Waals surface area contributed by atoms with Crippen LogP contribution in [-0.2, 0) is 9.53 Å². The number of likely N-dealkylation sites (tertiary alicyclic amines) is 1. The van der Waals surface area contributed by atoms with E-state index in [-0.39, 0.29) is 24.6 Å². The molecular formula is C18H23ClN2O4. The smallest absolute Gasteiger partial charge is 0.317 e. The van der Waals surface area contributed by atoms with Crippen molar-refractivity contribution in [1.29, 1.82) is 0 Å². The van der Waals surface area contributed by atoms with E-state index in [1.165, 1.54) is 0 Å². The topological polar surface area (TPSA) is 78.9 Å². The first kappa shape index (κ1) is 18.0. The van der Waals surface area contributed by atoms with Crippen molar-refractivity contribution in [3.8, 4) is 0 Å².